The first-order valence-electron chi connectivity index (χ1n) is 8.01. The van der Waals surface area contributed by atoms with Crippen molar-refractivity contribution in [2.75, 3.05) is 0 Å². The molecule has 1 aromatic rings. The number of amides is 2. The lowest BCUT2D eigenvalue weighted by atomic mass is 9.63. The van der Waals surface area contributed by atoms with E-state index in [9.17, 15) is 14.0 Å². The summed E-state index contributed by atoms with van der Waals surface area (Å²) in [4.78, 5) is 25.4. The van der Waals surface area contributed by atoms with Crippen LogP contribution in [0.15, 0.2) is 41.5 Å². The average Bonchev–Trinajstić information content (AvgIpc) is 3.33. The number of benzene rings is 1. The Morgan fingerprint density at radius 2 is 1.57 bits per heavy atom. The molecule has 4 nitrogen and oxygen atoms in total. The van der Waals surface area contributed by atoms with E-state index >= 15 is 0 Å². The summed E-state index contributed by atoms with van der Waals surface area (Å²) in [7, 11) is 0. The summed E-state index contributed by atoms with van der Waals surface area (Å²) < 4.78 is 12.9. The number of carbonyl (C=O) groups excluding carboxylic acids is 2. The summed E-state index contributed by atoms with van der Waals surface area (Å²) in [6, 6.07) is 5.79. The smallest absolute Gasteiger partial charge is 0.254 e. The first kappa shape index (κ1) is 13.2. The molecular weight excluding hydrogens is 295 g/mol. The van der Waals surface area contributed by atoms with E-state index in [2.05, 4.69) is 17.3 Å². The summed E-state index contributed by atoms with van der Waals surface area (Å²) in [5, 5.41) is 5.14. The Bertz CT molecular complexity index is 734. The number of allylic oxidation sites excluding steroid dienone is 2. The Labute approximate surface area is 132 Å². The zero-order valence-corrected chi connectivity index (χ0v) is 12.3. The average molecular weight is 310 g/mol. The van der Waals surface area contributed by atoms with Gasteiger partial charge in [0.1, 0.15) is 5.82 Å². The van der Waals surface area contributed by atoms with Crippen molar-refractivity contribution in [1.82, 2.24) is 5.01 Å². The fourth-order valence-corrected chi connectivity index (χ4v) is 4.73. The number of carbonyl (C=O) groups is 2. The number of hydrazone groups is 1. The molecule has 4 aliphatic carbocycles. The van der Waals surface area contributed by atoms with Crippen molar-refractivity contribution in [3.63, 3.8) is 0 Å². The second-order valence-electron chi connectivity index (χ2n) is 6.94. The quantitative estimate of drug-likeness (QED) is 0.478. The maximum Gasteiger partial charge on any atom is 0.254 e. The van der Waals surface area contributed by atoms with Gasteiger partial charge in [-0.2, -0.15) is 10.1 Å². The van der Waals surface area contributed by atoms with Crippen LogP contribution in [-0.4, -0.2) is 23.0 Å². The van der Waals surface area contributed by atoms with Crippen LogP contribution in [-0.2, 0) is 9.59 Å². The molecule has 0 radical (unpaired) electrons. The maximum atomic E-state index is 12.9. The van der Waals surface area contributed by atoms with Gasteiger partial charge in [0, 0.05) is 0 Å². The van der Waals surface area contributed by atoms with E-state index in [1.165, 1.54) is 18.3 Å². The third-order valence-electron chi connectivity index (χ3n) is 5.83. The topological polar surface area (TPSA) is 49.7 Å². The number of nitrogens with zero attached hydrogens (tertiary/aromatic N) is 2. The second kappa shape index (κ2) is 4.37. The van der Waals surface area contributed by atoms with E-state index in [4.69, 9.17) is 0 Å². The fourth-order valence-electron chi connectivity index (χ4n) is 4.73. The van der Waals surface area contributed by atoms with Gasteiger partial charge >= 0.3 is 0 Å². The van der Waals surface area contributed by atoms with Crippen LogP contribution in [0.2, 0.25) is 0 Å². The zero-order valence-electron chi connectivity index (χ0n) is 12.3. The minimum atomic E-state index is -0.330. The summed E-state index contributed by atoms with van der Waals surface area (Å²) in [5.41, 5.74) is 0.658. The predicted octanol–water partition coefficient (Wildman–Crippen LogP) is 2.21. The molecule has 3 fully saturated rings. The molecule has 0 N–H and O–H groups in total. The number of rotatable bonds is 2. The number of hydrogen-bond acceptors (Lipinski definition) is 3. The van der Waals surface area contributed by atoms with Gasteiger partial charge in [-0.3, -0.25) is 9.59 Å². The summed E-state index contributed by atoms with van der Waals surface area (Å²) in [6.45, 7) is 0. The highest BCUT2D eigenvalue weighted by Crippen LogP contribution is 2.65. The summed E-state index contributed by atoms with van der Waals surface area (Å²) in [6.07, 6.45) is 6.87. The SMILES string of the molecule is O=C1[C@@H]2[C@@H]3C=C[C@H]([C@@H]4C[C@H]34)[C@H]2C(=O)N1/N=C\c1ccc(F)cc1. The monoisotopic (exact) mass is 310 g/mol. The van der Waals surface area contributed by atoms with E-state index in [0.717, 1.165) is 11.4 Å². The van der Waals surface area contributed by atoms with Crippen LogP contribution in [0.1, 0.15) is 12.0 Å². The van der Waals surface area contributed by atoms with Crippen molar-refractivity contribution in [2.24, 2.45) is 40.6 Å². The fraction of sp³-hybridized carbons (Fsp3) is 0.389. The minimum Gasteiger partial charge on any atom is -0.272 e. The highest BCUT2D eigenvalue weighted by atomic mass is 19.1. The Morgan fingerprint density at radius 1 is 1.00 bits per heavy atom. The van der Waals surface area contributed by atoms with E-state index in [0.29, 0.717) is 17.4 Å². The number of halogens is 1. The van der Waals surface area contributed by atoms with Crippen LogP contribution in [0.4, 0.5) is 4.39 Å². The van der Waals surface area contributed by atoms with Gasteiger partial charge in [0.2, 0.25) is 0 Å². The van der Waals surface area contributed by atoms with Crippen molar-refractivity contribution >= 4 is 18.0 Å². The first-order chi connectivity index (χ1) is 11.1. The minimum absolute atomic E-state index is 0.178. The van der Waals surface area contributed by atoms with Crippen molar-refractivity contribution in [3.05, 3.63) is 47.8 Å². The van der Waals surface area contributed by atoms with Crippen LogP contribution in [0, 0.1) is 41.3 Å². The Balaban J connectivity index is 1.44. The molecule has 5 heteroatoms. The van der Waals surface area contributed by atoms with Crippen molar-refractivity contribution in [3.8, 4) is 0 Å². The lowest BCUT2D eigenvalue weighted by Crippen LogP contribution is -2.40. The second-order valence-corrected chi connectivity index (χ2v) is 6.94. The molecule has 1 heterocycles. The summed E-state index contributed by atoms with van der Waals surface area (Å²) >= 11 is 0. The lowest BCUT2D eigenvalue weighted by Gasteiger charge is -2.37. The summed E-state index contributed by atoms with van der Waals surface area (Å²) in [5.74, 6) is 0.440. The van der Waals surface area contributed by atoms with E-state index < -0.39 is 0 Å². The number of hydrogen-bond donors (Lipinski definition) is 0. The van der Waals surface area contributed by atoms with Crippen molar-refractivity contribution in [1.29, 1.82) is 0 Å². The van der Waals surface area contributed by atoms with Gasteiger partial charge in [-0.05, 0) is 47.8 Å². The highest BCUT2D eigenvalue weighted by molar-refractivity contribution is 6.06. The molecule has 116 valence electrons. The van der Waals surface area contributed by atoms with Crippen LogP contribution in [0.25, 0.3) is 0 Å². The molecule has 0 spiro atoms. The molecule has 6 atom stereocenters. The van der Waals surface area contributed by atoms with Gasteiger partial charge in [-0.15, -0.1) is 0 Å². The molecule has 5 aliphatic rings. The molecule has 1 aromatic carbocycles. The Kier molecular flexibility index (Phi) is 2.50. The van der Waals surface area contributed by atoms with Gasteiger partial charge in [-0.25, -0.2) is 4.39 Å². The molecule has 2 amide bonds. The van der Waals surface area contributed by atoms with Crippen LogP contribution in [0.5, 0.6) is 0 Å². The number of imide groups is 1. The standard InChI is InChI=1S/C18H15FN2O2/c19-10-3-1-9(2-4-10)8-20-21-17(22)15-11-5-6-12(14-7-13(11)14)16(15)18(21)23/h1-6,8,11-16H,7H2/b20-8-/t11-,12-,13-,14+,15-,16-/m1/s1. The predicted molar refractivity (Wildman–Crippen MR) is 80.5 cm³/mol. The van der Waals surface area contributed by atoms with E-state index in [1.807, 2.05) is 0 Å². The molecule has 0 unspecified atom stereocenters. The van der Waals surface area contributed by atoms with Gasteiger partial charge < -0.3 is 0 Å². The molecule has 6 rings (SSSR count). The molecular formula is C18H15FN2O2. The largest absolute Gasteiger partial charge is 0.272 e. The van der Waals surface area contributed by atoms with Crippen molar-refractivity contribution in [2.45, 2.75) is 6.42 Å². The third-order valence-corrected chi connectivity index (χ3v) is 5.83. The van der Waals surface area contributed by atoms with Gasteiger partial charge in [0.25, 0.3) is 11.8 Å². The normalized spacial score (nSPS) is 40.0. The molecule has 0 aromatic heterocycles. The van der Waals surface area contributed by atoms with Gasteiger partial charge in [0.15, 0.2) is 0 Å². The van der Waals surface area contributed by atoms with Gasteiger partial charge in [0.05, 0.1) is 18.1 Å². The molecule has 2 bridgehead atoms. The van der Waals surface area contributed by atoms with Gasteiger partial charge in [-0.1, -0.05) is 24.3 Å². The lowest BCUT2D eigenvalue weighted by molar-refractivity contribution is -0.140. The highest BCUT2D eigenvalue weighted by Gasteiger charge is 2.67. The van der Waals surface area contributed by atoms with E-state index in [1.54, 1.807) is 12.1 Å². The van der Waals surface area contributed by atoms with Crippen LogP contribution in [0.3, 0.4) is 0 Å². The maximum absolute atomic E-state index is 12.9. The molecule has 23 heavy (non-hydrogen) atoms. The first-order valence-corrected chi connectivity index (χ1v) is 8.01. The Morgan fingerprint density at radius 3 is 2.13 bits per heavy atom. The van der Waals surface area contributed by atoms with Crippen molar-refractivity contribution < 1.29 is 14.0 Å². The molecule has 1 aliphatic heterocycles. The van der Waals surface area contributed by atoms with E-state index in [-0.39, 0.29) is 41.3 Å². The zero-order chi connectivity index (χ0) is 15.7. The molecule has 1 saturated heterocycles. The van der Waals surface area contributed by atoms with Crippen LogP contribution >= 0.6 is 0 Å². The van der Waals surface area contributed by atoms with Crippen LogP contribution < -0.4 is 0 Å². The Hall–Kier alpha value is -2.30. The third kappa shape index (κ3) is 1.73. The molecule has 2 saturated carbocycles.